The number of ether oxygens (including phenoxy) is 5. The van der Waals surface area contributed by atoms with Crippen molar-refractivity contribution in [3.05, 3.63) is 65.7 Å². The third kappa shape index (κ3) is 3.82. The Balaban J connectivity index is 1.56. The van der Waals surface area contributed by atoms with Gasteiger partial charge >= 0.3 is 0 Å². The van der Waals surface area contributed by atoms with Crippen molar-refractivity contribution in [1.82, 2.24) is 5.43 Å². The first kappa shape index (κ1) is 21.1. The first-order valence-electron chi connectivity index (χ1n) is 10.7. The quantitative estimate of drug-likeness (QED) is 0.481. The van der Waals surface area contributed by atoms with Gasteiger partial charge in [-0.25, -0.2) is 0 Å². The van der Waals surface area contributed by atoms with Gasteiger partial charge < -0.3 is 34.2 Å². The SMILES string of the molecule is COc1cc([C@H]2c3cc4c(cc3O[C@H](NNc3ccccc3)[C@@H]2C)OCO4)cc(OC)c1O. The summed E-state index contributed by atoms with van der Waals surface area (Å²) in [5.41, 5.74) is 9.35. The zero-order chi connectivity index (χ0) is 22.9. The van der Waals surface area contributed by atoms with Gasteiger partial charge in [-0.05, 0) is 35.9 Å². The number of hydrogen-bond donors (Lipinski definition) is 3. The van der Waals surface area contributed by atoms with Crippen molar-refractivity contribution >= 4 is 5.69 Å². The standard InChI is InChI=1S/C25H26N2O6/c1-14-23(15-9-21(29-2)24(28)22(10-15)30-3)17-11-19-20(32-13-31-19)12-18(17)33-25(14)27-26-16-7-5-4-6-8-16/h4-12,14,23,25-28H,13H2,1-3H3/t14-,23+,25+/m1/s1. The van der Waals surface area contributed by atoms with Crippen LogP contribution in [0.15, 0.2) is 54.6 Å². The van der Waals surface area contributed by atoms with Crippen molar-refractivity contribution in [2.45, 2.75) is 19.1 Å². The fraction of sp³-hybridized carbons (Fsp3) is 0.280. The highest BCUT2D eigenvalue weighted by molar-refractivity contribution is 5.59. The predicted octanol–water partition coefficient (Wildman–Crippen LogP) is 4.24. The van der Waals surface area contributed by atoms with E-state index in [9.17, 15) is 5.11 Å². The van der Waals surface area contributed by atoms with E-state index in [2.05, 4.69) is 17.8 Å². The second kappa shape index (κ2) is 8.63. The topological polar surface area (TPSA) is 90.4 Å². The van der Waals surface area contributed by atoms with Gasteiger partial charge in [-0.15, -0.1) is 0 Å². The molecule has 0 saturated heterocycles. The third-order valence-corrected chi connectivity index (χ3v) is 6.09. The third-order valence-electron chi connectivity index (χ3n) is 6.09. The largest absolute Gasteiger partial charge is 0.502 e. The number of phenolic OH excluding ortho intramolecular Hbond substituents is 1. The minimum absolute atomic E-state index is 0.0203. The first-order valence-corrected chi connectivity index (χ1v) is 10.7. The van der Waals surface area contributed by atoms with E-state index in [1.165, 1.54) is 14.2 Å². The van der Waals surface area contributed by atoms with Gasteiger partial charge in [0.2, 0.25) is 12.5 Å². The molecule has 3 aromatic carbocycles. The molecule has 2 aliphatic heterocycles. The Morgan fingerprint density at radius 2 is 1.58 bits per heavy atom. The number of hydrogen-bond acceptors (Lipinski definition) is 8. The van der Waals surface area contributed by atoms with E-state index in [1.807, 2.05) is 54.6 Å². The van der Waals surface area contributed by atoms with Gasteiger partial charge in [0.25, 0.3) is 0 Å². The summed E-state index contributed by atoms with van der Waals surface area (Å²) in [5.74, 6) is 2.55. The molecule has 0 unspecified atom stereocenters. The lowest BCUT2D eigenvalue weighted by Gasteiger charge is -2.39. The number of rotatable bonds is 6. The van der Waals surface area contributed by atoms with Crippen LogP contribution in [-0.2, 0) is 0 Å². The summed E-state index contributed by atoms with van der Waals surface area (Å²) in [7, 11) is 3.04. The Hall–Kier alpha value is -3.78. The zero-order valence-corrected chi connectivity index (χ0v) is 18.6. The second-order valence-corrected chi connectivity index (χ2v) is 8.03. The van der Waals surface area contributed by atoms with Crippen molar-refractivity contribution in [2.75, 3.05) is 26.4 Å². The van der Waals surface area contributed by atoms with Gasteiger partial charge in [0.15, 0.2) is 29.2 Å². The molecular weight excluding hydrogens is 424 g/mol. The van der Waals surface area contributed by atoms with Crippen LogP contribution in [-0.4, -0.2) is 32.3 Å². The molecule has 2 heterocycles. The molecule has 3 N–H and O–H groups in total. The zero-order valence-electron chi connectivity index (χ0n) is 18.6. The fourth-order valence-corrected chi connectivity index (χ4v) is 4.40. The Morgan fingerprint density at radius 1 is 0.909 bits per heavy atom. The van der Waals surface area contributed by atoms with E-state index in [0.717, 1.165) is 16.8 Å². The van der Waals surface area contributed by atoms with Crippen molar-refractivity contribution in [3.63, 3.8) is 0 Å². The van der Waals surface area contributed by atoms with Crippen LogP contribution >= 0.6 is 0 Å². The number of methoxy groups -OCH3 is 2. The molecular formula is C25H26N2O6. The lowest BCUT2D eigenvalue weighted by Crippen LogP contribution is -2.47. The molecule has 33 heavy (non-hydrogen) atoms. The van der Waals surface area contributed by atoms with E-state index >= 15 is 0 Å². The number of aromatic hydroxyl groups is 1. The van der Waals surface area contributed by atoms with Crippen molar-refractivity contribution in [2.24, 2.45) is 5.92 Å². The maximum atomic E-state index is 10.4. The molecule has 2 aliphatic rings. The summed E-state index contributed by atoms with van der Waals surface area (Å²) in [6, 6.07) is 17.3. The van der Waals surface area contributed by atoms with Crippen LogP contribution in [0.5, 0.6) is 34.5 Å². The average molecular weight is 450 g/mol. The molecule has 0 saturated carbocycles. The van der Waals surface area contributed by atoms with Gasteiger partial charge in [-0.3, -0.25) is 0 Å². The summed E-state index contributed by atoms with van der Waals surface area (Å²) in [5, 5.41) is 10.4. The highest BCUT2D eigenvalue weighted by Crippen LogP contribution is 2.51. The molecule has 0 amide bonds. The molecule has 3 atom stereocenters. The van der Waals surface area contributed by atoms with Crippen LogP contribution in [0.4, 0.5) is 5.69 Å². The number of phenols is 1. The van der Waals surface area contributed by atoms with Crippen LogP contribution in [0.1, 0.15) is 24.0 Å². The van der Waals surface area contributed by atoms with Crippen molar-refractivity contribution in [3.8, 4) is 34.5 Å². The van der Waals surface area contributed by atoms with Gasteiger partial charge in [0.1, 0.15) is 5.75 Å². The predicted molar refractivity (Wildman–Crippen MR) is 122 cm³/mol. The molecule has 5 rings (SSSR count). The molecule has 8 nitrogen and oxygen atoms in total. The Bertz CT molecular complexity index is 1130. The van der Waals surface area contributed by atoms with Gasteiger partial charge in [-0.1, -0.05) is 25.1 Å². The Kier molecular flexibility index (Phi) is 5.51. The average Bonchev–Trinajstić information content (AvgIpc) is 3.30. The molecule has 0 bridgehead atoms. The number of nitrogens with one attached hydrogen (secondary N) is 2. The highest BCUT2D eigenvalue weighted by atomic mass is 16.7. The van der Waals surface area contributed by atoms with E-state index in [0.29, 0.717) is 28.7 Å². The first-order chi connectivity index (χ1) is 16.1. The van der Waals surface area contributed by atoms with E-state index in [4.69, 9.17) is 23.7 Å². The maximum Gasteiger partial charge on any atom is 0.231 e. The van der Waals surface area contributed by atoms with Crippen LogP contribution in [0.25, 0.3) is 0 Å². The van der Waals surface area contributed by atoms with Crippen LogP contribution < -0.4 is 34.5 Å². The molecule has 0 spiro atoms. The van der Waals surface area contributed by atoms with E-state index in [-0.39, 0.29) is 30.6 Å². The number of para-hydroxylation sites is 1. The van der Waals surface area contributed by atoms with E-state index < -0.39 is 0 Å². The minimum Gasteiger partial charge on any atom is -0.502 e. The van der Waals surface area contributed by atoms with Crippen LogP contribution in [0, 0.1) is 5.92 Å². The normalized spacial score (nSPS) is 20.5. The molecule has 0 radical (unpaired) electrons. The van der Waals surface area contributed by atoms with Crippen LogP contribution in [0.2, 0.25) is 0 Å². The van der Waals surface area contributed by atoms with Crippen molar-refractivity contribution in [1.29, 1.82) is 0 Å². The number of benzene rings is 3. The molecule has 0 aromatic heterocycles. The van der Waals surface area contributed by atoms with Gasteiger partial charge in [0.05, 0.1) is 14.2 Å². The molecule has 3 aromatic rings. The van der Waals surface area contributed by atoms with Gasteiger partial charge in [-0.2, -0.15) is 5.43 Å². The Labute approximate surface area is 192 Å². The summed E-state index contributed by atoms with van der Waals surface area (Å²) in [6.07, 6.45) is -0.367. The lowest BCUT2D eigenvalue weighted by molar-refractivity contribution is 0.0862. The molecule has 8 heteroatoms. The highest BCUT2D eigenvalue weighted by Gasteiger charge is 2.39. The van der Waals surface area contributed by atoms with Crippen LogP contribution in [0.3, 0.4) is 0 Å². The second-order valence-electron chi connectivity index (χ2n) is 8.03. The van der Waals surface area contributed by atoms with Crippen molar-refractivity contribution < 1.29 is 28.8 Å². The smallest absolute Gasteiger partial charge is 0.231 e. The summed E-state index contributed by atoms with van der Waals surface area (Å²) < 4.78 is 28.4. The minimum atomic E-state index is -0.367. The summed E-state index contributed by atoms with van der Waals surface area (Å²) in [4.78, 5) is 0. The van der Waals surface area contributed by atoms with E-state index in [1.54, 1.807) is 0 Å². The number of hydrazine groups is 1. The summed E-state index contributed by atoms with van der Waals surface area (Å²) >= 11 is 0. The number of anilines is 1. The monoisotopic (exact) mass is 450 g/mol. The Morgan fingerprint density at radius 3 is 2.24 bits per heavy atom. The molecule has 0 aliphatic carbocycles. The lowest BCUT2D eigenvalue weighted by atomic mass is 9.78. The molecule has 0 fully saturated rings. The van der Waals surface area contributed by atoms with Gasteiger partial charge in [0, 0.05) is 29.2 Å². The molecule has 172 valence electrons. The fourth-order valence-electron chi connectivity index (χ4n) is 4.40. The summed E-state index contributed by atoms with van der Waals surface area (Å²) in [6.45, 7) is 2.28. The number of fused-ring (bicyclic) bond motifs is 2. The maximum absolute atomic E-state index is 10.4.